The fraction of sp³-hybridized carbons (Fsp3) is 0.125. The van der Waals surface area contributed by atoms with Crippen LogP contribution in [-0.4, -0.2) is 38.3 Å². The van der Waals surface area contributed by atoms with E-state index in [0.29, 0.717) is 10.2 Å². The number of benzene rings is 1. The maximum atomic E-state index is 10.7. The molecule has 78 valence electrons. The van der Waals surface area contributed by atoms with E-state index in [1.54, 1.807) is 12.1 Å². The number of nitro benzene ring substituents is 1. The van der Waals surface area contributed by atoms with Crippen molar-refractivity contribution in [1.29, 1.82) is 5.26 Å². The first-order chi connectivity index (χ1) is 7.19. The Labute approximate surface area is 97.4 Å². The van der Waals surface area contributed by atoms with Gasteiger partial charge in [0.15, 0.2) is 0 Å². The predicted molar refractivity (Wildman–Crippen MR) is 56.4 cm³/mol. The predicted octanol–water partition coefficient (Wildman–Crippen LogP) is 0.0332. The molecule has 0 aliphatic carbocycles. The van der Waals surface area contributed by atoms with Crippen molar-refractivity contribution in [1.82, 2.24) is 0 Å². The number of rotatable bonds is 4. The zero-order valence-electron chi connectivity index (χ0n) is 7.67. The average molecular weight is 336 g/mol. The van der Waals surface area contributed by atoms with Crippen LogP contribution in [0.2, 0.25) is 0 Å². The number of nitrogens with zero attached hydrogens (tertiary/aromatic N) is 2. The van der Waals surface area contributed by atoms with E-state index in [1.807, 2.05) is 4.97 Å². The van der Waals surface area contributed by atoms with Crippen LogP contribution in [0.4, 0.5) is 5.69 Å². The molecule has 0 saturated carbocycles. The van der Waals surface area contributed by atoms with Crippen molar-refractivity contribution in [3.63, 3.8) is 0 Å². The first-order valence-electron chi connectivity index (χ1n) is 3.74. The molecule has 0 atom stereocenters. The number of hydrogen-bond donors (Lipinski definition) is 0. The average Bonchev–Trinajstić information content (AvgIpc) is 2.26. The van der Waals surface area contributed by atoms with Crippen LogP contribution in [0.3, 0.4) is 0 Å². The third kappa shape index (κ3) is 3.22. The van der Waals surface area contributed by atoms with Gasteiger partial charge in [0, 0.05) is 0 Å². The molecule has 0 aromatic heterocycles. The number of nitro groups is 1. The molecular formula is C8H6N2O3Se2. The van der Waals surface area contributed by atoms with Crippen LogP contribution in [0.1, 0.15) is 0 Å². The first-order valence-corrected chi connectivity index (χ1v) is 9.78. The van der Waals surface area contributed by atoms with E-state index in [-0.39, 0.29) is 32.0 Å². The number of methoxy groups -OCH3 is 1. The molecule has 0 heterocycles. The monoisotopic (exact) mass is 338 g/mol. The molecule has 0 N–H and O–H groups in total. The molecule has 0 aliphatic rings. The summed E-state index contributed by atoms with van der Waals surface area (Å²) in [5.74, 6) is 0.464. The molecule has 0 unspecified atom stereocenters. The number of ether oxygens (including phenoxy) is 1. The van der Waals surface area contributed by atoms with E-state index < -0.39 is 4.92 Å². The van der Waals surface area contributed by atoms with Gasteiger partial charge in [-0.05, 0) is 0 Å². The number of hydrogen-bond acceptors (Lipinski definition) is 4. The molecule has 0 fully saturated rings. The molecule has 1 aromatic carbocycles. The third-order valence-corrected chi connectivity index (χ3v) is 6.64. The van der Waals surface area contributed by atoms with Crippen molar-refractivity contribution in [3.05, 3.63) is 28.3 Å². The van der Waals surface area contributed by atoms with Gasteiger partial charge in [0.25, 0.3) is 0 Å². The minimum absolute atomic E-state index is 0.0477. The fourth-order valence-corrected chi connectivity index (χ4v) is 4.81. The molecule has 5 nitrogen and oxygen atoms in total. The SMILES string of the molecule is COc1ccc([Se][Se]C#N)c([N+](=O)[O-])c1. The van der Waals surface area contributed by atoms with Gasteiger partial charge >= 0.3 is 97.5 Å². The summed E-state index contributed by atoms with van der Waals surface area (Å²) in [6, 6.07) is 4.73. The van der Waals surface area contributed by atoms with Crippen LogP contribution in [0.5, 0.6) is 5.75 Å². The van der Waals surface area contributed by atoms with Crippen LogP contribution in [0, 0.1) is 20.3 Å². The van der Waals surface area contributed by atoms with E-state index in [0.717, 1.165) is 0 Å². The molecule has 0 amide bonds. The van der Waals surface area contributed by atoms with E-state index in [9.17, 15) is 10.1 Å². The normalized spacial score (nSPS) is 9.33. The molecule has 0 spiro atoms. The summed E-state index contributed by atoms with van der Waals surface area (Å²) in [5.41, 5.74) is 0.0477. The van der Waals surface area contributed by atoms with Gasteiger partial charge in [-0.3, -0.25) is 0 Å². The summed E-state index contributed by atoms with van der Waals surface area (Å²) < 4.78 is 5.56. The Kier molecular flexibility index (Phi) is 4.60. The maximum absolute atomic E-state index is 10.7. The van der Waals surface area contributed by atoms with Crippen molar-refractivity contribution >= 4 is 36.4 Å². The van der Waals surface area contributed by atoms with Crippen molar-refractivity contribution in [2.45, 2.75) is 0 Å². The molecule has 0 bridgehead atoms. The Hall–Kier alpha value is -1.05. The van der Waals surface area contributed by atoms with Crippen molar-refractivity contribution < 1.29 is 9.66 Å². The van der Waals surface area contributed by atoms with Gasteiger partial charge in [0.2, 0.25) is 0 Å². The summed E-state index contributed by atoms with van der Waals surface area (Å²) in [4.78, 5) is 12.3. The van der Waals surface area contributed by atoms with Gasteiger partial charge in [-0.15, -0.1) is 0 Å². The summed E-state index contributed by atoms with van der Waals surface area (Å²) in [6.07, 6.45) is 0. The summed E-state index contributed by atoms with van der Waals surface area (Å²) >= 11 is -0.303. The van der Waals surface area contributed by atoms with E-state index >= 15 is 0 Å². The van der Waals surface area contributed by atoms with Gasteiger partial charge in [-0.25, -0.2) is 0 Å². The summed E-state index contributed by atoms with van der Waals surface area (Å²) in [5, 5.41) is 19.2. The van der Waals surface area contributed by atoms with Gasteiger partial charge in [-0.2, -0.15) is 0 Å². The van der Waals surface area contributed by atoms with Crippen LogP contribution in [-0.2, 0) is 0 Å². The van der Waals surface area contributed by atoms with Gasteiger partial charge in [0.05, 0.1) is 0 Å². The molecule has 15 heavy (non-hydrogen) atoms. The Morgan fingerprint density at radius 1 is 1.60 bits per heavy atom. The Bertz CT molecular complexity index is 417. The standard InChI is InChI=1S/C8H6N2O3Se2/c1-13-6-2-3-8(15-14-5-9)7(4-6)10(11)12/h2-4H,1H3. The molecule has 7 heteroatoms. The van der Waals surface area contributed by atoms with Crippen molar-refractivity contribution in [3.8, 4) is 10.7 Å². The fourth-order valence-electron chi connectivity index (χ4n) is 0.901. The second-order valence-corrected chi connectivity index (χ2v) is 7.99. The van der Waals surface area contributed by atoms with Crippen molar-refractivity contribution in [2.24, 2.45) is 0 Å². The van der Waals surface area contributed by atoms with E-state index in [2.05, 4.69) is 0 Å². The summed E-state index contributed by atoms with van der Waals surface area (Å²) in [7, 11) is 1.46. The van der Waals surface area contributed by atoms with Crippen LogP contribution < -0.4 is 9.20 Å². The van der Waals surface area contributed by atoms with E-state index in [1.165, 1.54) is 13.2 Å². The van der Waals surface area contributed by atoms with Crippen LogP contribution in [0.15, 0.2) is 18.2 Å². The molecule has 1 aromatic rings. The molecule has 1 rings (SSSR count). The molecule has 0 aliphatic heterocycles. The third-order valence-electron chi connectivity index (χ3n) is 1.53. The summed E-state index contributed by atoms with van der Waals surface area (Å²) in [6.45, 7) is 0. The topological polar surface area (TPSA) is 76.2 Å². The first kappa shape index (κ1) is 12.0. The van der Waals surface area contributed by atoms with Gasteiger partial charge in [0.1, 0.15) is 0 Å². The second-order valence-electron chi connectivity index (χ2n) is 2.35. The van der Waals surface area contributed by atoms with Crippen molar-refractivity contribution in [2.75, 3.05) is 7.11 Å². The Morgan fingerprint density at radius 3 is 2.87 bits per heavy atom. The van der Waals surface area contributed by atoms with Crippen LogP contribution >= 0.6 is 0 Å². The quantitative estimate of drug-likeness (QED) is 0.442. The second kappa shape index (κ2) is 5.74. The van der Waals surface area contributed by atoms with Crippen LogP contribution in [0.25, 0.3) is 0 Å². The van der Waals surface area contributed by atoms with Gasteiger partial charge < -0.3 is 0 Å². The minimum atomic E-state index is -0.437. The van der Waals surface area contributed by atoms with Gasteiger partial charge in [-0.1, -0.05) is 0 Å². The zero-order valence-corrected chi connectivity index (χ0v) is 11.1. The van der Waals surface area contributed by atoms with E-state index in [4.69, 9.17) is 10.00 Å². The zero-order chi connectivity index (χ0) is 11.3. The molecule has 0 saturated heterocycles. The Balaban J connectivity index is 3.05. The Morgan fingerprint density at radius 2 is 2.33 bits per heavy atom. The molecule has 0 radical (unpaired) electrons. The molecular weight excluding hydrogens is 330 g/mol. The number of nitriles is 1.